The van der Waals surface area contributed by atoms with Gasteiger partial charge >= 0.3 is 5.97 Å². The number of hydrogen-bond acceptors (Lipinski definition) is 2. The number of rotatable bonds is 3. The van der Waals surface area contributed by atoms with E-state index in [1.165, 1.54) is 11.6 Å². The van der Waals surface area contributed by atoms with Crippen molar-refractivity contribution in [3.63, 3.8) is 0 Å². The molecule has 0 aliphatic heterocycles. The maximum atomic E-state index is 11.7. The molecular formula is C17H18O2. The van der Waals surface area contributed by atoms with Crippen LogP contribution in [0.4, 0.5) is 0 Å². The summed E-state index contributed by atoms with van der Waals surface area (Å²) in [6, 6.07) is 7.44. The molecule has 0 radical (unpaired) electrons. The van der Waals surface area contributed by atoms with Crippen molar-refractivity contribution in [2.24, 2.45) is 0 Å². The number of ether oxygens (including phenoxy) is 1. The third-order valence-corrected chi connectivity index (χ3v) is 3.06. The fourth-order valence-corrected chi connectivity index (χ4v) is 1.83. The van der Waals surface area contributed by atoms with Crippen molar-refractivity contribution in [1.29, 1.82) is 0 Å². The van der Waals surface area contributed by atoms with E-state index in [0.29, 0.717) is 5.75 Å². The summed E-state index contributed by atoms with van der Waals surface area (Å²) >= 11 is 0. The van der Waals surface area contributed by atoms with Crippen LogP contribution >= 0.6 is 0 Å². The molecule has 0 unspecified atom stereocenters. The quantitative estimate of drug-likeness (QED) is 0.460. The van der Waals surface area contributed by atoms with Gasteiger partial charge in [0.05, 0.1) is 0 Å². The molecule has 0 spiro atoms. The highest BCUT2D eigenvalue weighted by Crippen LogP contribution is 2.18. The SMILES string of the molecule is CC1=CC=C(/C=C/C(=O)Oc2ccc(C)cc2)CC1. The summed E-state index contributed by atoms with van der Waals surface area (Å²) in [6.45, 7) is 4.11. The average Bonchev–Trinajstić information content (AvgIpc) is 2.41. The summed E-state index contributed by atoms with van der Waals surface area (Å²) in [6.07, 6.45) is 9.50. The highest BCUT2D eigenvalue weighted by molar-refractivity contribution is 5.84. The normalized spacial score (nSPS) is 15.1. The monoisotopic (exact) mass is 254 g/mol. The second kappa shape index (κ2) is 6.19. The highest BCUT2D eigenvalue weighted by Gasteiger charge is 2.03. The molecule has 0 heterocycles. The molecule has 1 aromatic rings. The zero-order valence-electron chi connectivity index (χ0n) is 11.3. The van der Waals surface area contributed by atoms with Gasteiger partial charge in [-0.25, -0.2) is 4.79 Å². The predicted octanol–water partition coefficient (Wildman–Crippen LogP) is 4.12. The van der Waals surface area contributed by atoms with Crippen molar-refractivity contribution in [3.05, 3.63) is 65.3 Å². The van der Waals surface area contributed by atoms with E-state index < -0.39 is 0 Å². The zero-order chi connectivity index (χ0) is 13.7. The summed E-state index contributed by atoms with van der Waals surface area (Å²) in [5, 5.41) is 0. The van der Waals surface area contributed by atoms with Crippen molar-refractivity contribution < 1.29 is 9.53 Å². The summed E-state index contributed by atoms with van der Waals surface area (Å²) < 4.78 is 5.21. The van der Waals surface area contributed by atoms with Crippen LogP contribution in [-0.2, 0) is 4.79 Å². The molecule has 0 amide bonds. The smallest absolute Gasteiger partial charge is 0.336 e. The van der Waals surface area contributed by atoms with E-state index in [-0.39, 0.29) is 5.97 Å². The minimum absolute atomic E-state index is 0.337. The Hall–Kier alpha value is -2.09. The van der Waals surface area contributed by atoms with E-state index in [0.717, 1.165) is 24.0 Å². The van der Waals surface area contributed by atoms with Crippen molar-refractivity contribution in [3.8, 4) is 5.75 Å². The number of allylic oxidation sites excluding steroid dienone is 5. The van der Waals surface area contributed by atoms with Crippen LogP contribution in [0.2, 0.25) is 0 Å². The first-order chi connectivity index (χ1) is 9.13. The average molecular weight is 254 g/mol. The maximum absolute atomic E-state index is 11.7. The Morgan fingerprint density at radius 2 is 1.84 bits per heavy atom. The predicted molar refractivity (Wildman–Crippen MR) is 77.0 cm³/mol. The second-order valence-electron chi connectivity index (χ2n) is 4.82. The first kappa shape index (κ1) is 13.3. The van der Waals surface area contributed by atoms with Gasteiger partial charge in [0, 0.05) is 6.08 Å². The number of benzene rings is 1. The molecule has 1 aliphatic carbocycles. The van der Waals surface area contributed by atoms with Crippen LogP contribution in [0.3, 0.4) is 0 Å². The lowest BCUT2D eigenvalue weighted by atomic mass is 9.99. The third kappa shape index (κ3) is 4.25. The first-order valence-electron chi connectivity index (χ1n) is 6.46. The molecule has 0 aromatic heterocycles. The van der Waals surface area contributed by atoms with Crippen molar-refractivity contribution in [2.75, 3.05) is 0 Å². The van der Waals surface area contributed by atoms with E-state index in [4.69, 9.17) is 4.74 Å². The van der Waals surface area contributed by atoms with Crippen LogP contribution in [0, 0.1) is 6.92 Å². The molecule has 19 heavy (non-hydrogen) atoms. The molecule has 98 valence electrons. The molecule has 2 nitrogen and oxygen atoms in total. The Morgan fingerprint density at radius 1 is 1.11 bits per heavy atom. The molecule has 2 heteroatoms. The van der Waals surface area contributed by atoms with Crippen molar-refractivity contribution >= 4 is 5.97 Å². The fraction of sp³-hybridized carbons (Fsp3) is 0.235. The lowest BCUT2D eigenvalue weighted by Gasteiger charge is -2.07. The Morgan fingerprint density at radius 3 is 2.47 bits per heavy atom. The number of esters is 1. The van der Waals surface area contributed by atoms with Gasteiger partial charge in [-0.1, -0.05) is 41.5 Å². The van der Waals surface area contributed by atoms with E-state index in [1.54, 1.807) is 12.1 Å². The molecule has 1 aromatic carbocycles. The molecule has 0 saturated carbocycles. The van der Waals surface area contributed by atoms with Crippen LogP contribution < -0.4 is 4.74 Å². The molecule has 0 saturated heterocycles. The largest absolute Gasteiger partial charge is 0.423 e. The van der Waals surface area contributed by atoms with Crippen LogP contribution in [0.25, 0.3) is 0 Å². The summed E-state index contributed by atoms with van der Waals surface area (Å²) in [5.41, 5.74) is 3.68. The van der Waals surface area contributed by atoms with Crippen LogP contribution in [0.15, 0.2) is 59.7 Å². The molecule has 2 rings (SSSR count). The standard InChI is InChI=1S/C17H18O2/c1-13-3-7-15(8-4-13)9-12-17(18)19-16-10-5-14(2)6-11-16/h3,5-7,9-12H,4,8H2,1-2H3/b12-9+. The van der Waals surface area contributed by atoms with Gasteiger partial charge in [0.15, 0.2) is 0 Å². The molecule has 0 N–H and O–H groups in total. The summed E-state index contributed by atoms with van der Waals surface area (Å²) in [7, 11) is 0. The van der Waals surface area contributed by atoms with Crippen LogP contribution in [-0.4, -0.2) is 5.97 Å². The number of carbonyl (C=O) groups excluding carboxylic acids is 1. The second-order valence-corrected chi connectivity index (χ2v) is 4.82. The highest BCUT2D eigenvalue weighted by atomic mass is 16.5. The van der Waals surface area contributed by atoms with Gasteiger partial charge in [-0.15, -0.1) is 0 Å². The Balaban J connectivity index is 1.92. The lowest BCUT2D eigenvalue weighted by Crippen LogP contribution is -2.04. The van der Waals surface area contributed by atoms with E-state index in [2.05, 4.69) is 19.1 Å². The van der Waals surface area contributed by atoms with Gasteiger partial charge in [0.2, 0.25) is 0 Å². The van der Waals surface area contributed by atoms with Gasteiger partial charge in [0.25, 0.3) is 0 Å². The fourth-order valence-electron chi connectivity index (χ4n) is 1.83. The molecule has 0 bridgehead atoms. The first-order valence-corrected chi connectivity index (χ1v) is 6.46. The lowest BCUT2D eigenvalue weighted by molar-refractivity contribution is -0.128. The van der Waals surface area contributed by atoms with Crippen molar-refractivity contribution in [2.45, 2.75) is 26.7 Å². The molecule has 1 aliphatic rings. The molecule has 0 fully saturated rings. The van der Waals surface area contributed by atoms with Gasteiger partial charge in [-0.2, -0.15) is 0 Å². The van der Waals surface area contributed by atoms with Crippen molar-refractivity contribution in [1.82, 2.24) is 0 Å². The van der Waals surface area contributed by atoms with Gasteiger partial charge in [-0.05, 0) is 44.4 Å². The van der Waals surface area contributed by atoms with Gasteiger partial charge in [0.1, 0.15) is 5.75 Å². The Labute approximate surface area is 114 Å². The van der Waals surface area contributed by atoms with E-state index >= 15 is 0 Å². The van der Waals surface area contributed by atoms with Crippen LogP contribution in [0.1, 0.15) is 25.3 Å². The summed E-state index contributed by atoms with van der Waals surface area (Å²) in [4.78, 5) is 11.7. The molecule has 0 atom stereocenters. The zero-order valence-corrected chi connectivity index (χ0v) is 11.3. The Bertz CT molecular complexity index is 545. The number of hydrogen-bond donors (Lipinski definition) is 0. The Kier molecular flexibility index (Phi) is 4.35. The summed E-state index contributed by atoms with van der Waals surface area (Å²) in [5.74, 6) is 0.240. The minimum Gasteiger partial charge on any atom is -0.423 e. The van der Waals surface area contributed by atoms with Gasteiger partial charge < -0.3 is 4.74 Å². The number of carbonyl (C=O) groups is 1. The molecular weight excluding hydrogens is 236 g/mol. The number of aryl methyl sites for hydroxylation is 1. The topological polar surface area (TPSA) is 26.3 Å². The van der Waals surface area contributed by atoms with Gasteiger partial charge in [-0.3, -0.25) is 0 Å². The maximum Gasteiger partial charge on any atom is 0.336 e. The minimum atomic E-state index is -0.337. The van der Waals surface area contributed by atoms with Crippen LogP contribution in [0.5, 0.6) is 5.75 Å². The third-order valence-electron chi connectivity index (χ3n) is 3.06. The van der Waals surface area contributed by atoms with E-state index in [1.807, 2.05) is 25.1 Å². The van der Waals surface area contributed by atoms with E-state index in [9.17, 15) is 4.79 Å².